The van der Waals surface area contributed by atoms with E-state index in [9.17, 15) is 4.79 Å². The quantitative estimate of drug-likeness (QED) is 0.633. The van der Waals surface area contributed by atoms with Crippen molar-refractivity contribution in [3.8, 4) is 5.75 Å². The Kier molecular flexibility index (Phi) is 4.46. The molecule has 1 amide bonds. The summed E-state index contributed by atoms with van der Waals surface area (Å²) in [5.74, 6) is 6.20. The molecule has 0 aliphatic heterocycles. The predicted octanol–water partition coefficient (Wildman–Crippen LogP) is 1.12. The Balaban J connectivity index is 1.95. The highest BCUT2D eigenvalue weighted by atomic mass is 32.2. The summed E-state index contributed by atoms with van der Waals surface area (Å²) < 4.78 is 6.34. The number of carbonyl (C=O) groups is 1. The molecule has 1 heterocycles. The molecule has 0 spiro atoms. The third-order valence-electron chi connectivity index (χ3n) is 2.55. The van der Waals surface area contributed by atoms with Crippen LogP contribution in [0.4, 0.5) is 5.69 Å². The second kappa shape index (κ2) is 6.29. The van der Waals surface area contributed by atoms with E-state index in [1.165, 1.54) is 22.8 Å². The smallest absolute Gasteiger partial charge is 0.237 e. The minimum Gasteiger partial charge on any atom is -0.497 e. The highest BCUT2D eigenvalue weighted by Gasteiger charge is 2.17. The summed E-state index contributed by atoms with van der Waals surface area (Å²) in [5.41, 5.74) is 0.706. The molecule has 106 valence electrons. The SMILES string of the molecule is COc1ccc(NC(=O)[C@H](C)Sc2nncn2N)cc1. The molecule has 1 atom stereocenters. The van der Waals surface area contributed by atoms with Gasteiger partial charge in [-0.2, -0.15) is 0 Å². The fourth-order valence-electron chi connectivity index (χ4n) is 1.45. The van der Waals surface area contributed by atoms with Gasteiger partial charge in [-0.25, -0.2) is 4.68 Å². The van der Waals surface area contributed by atoms with Crippen molar-refractivity contribution in [2.45, 2.75) is 17.3 Å². The predicted molar refractivity (Wildman–Crippen MR) is 77.1 cm³/mol. The van der Waals surface area contributed by atoms with Crippen molar-refractivity contribution >= 4 is 23.4 Å². The van der Waals surface area contributed by atoms with Gasteiger partial charge < -0.3 is 15.9 Å². The molecule has 2 aromatic rings. The number of ether oxygens (including phenoxy) is 1. The van der Waals surface area contributed by atoms with Crippen molar-refractivity contribution in [1.82, 2.24) is 14.9 Å². The second-order valence-corrected chi connectivity index (χ2v) is 5.31. The molecule has 1 aromatic carbocycles. The van der Waals surface area contributed by atoms with E-state index >= 15 is 0 Å². The summed E-state index contributed by atoms with van der Waals surface area (Å²) in [6.07, 6.45) is 1.39. The number of thioether (sulfide) groups is 1. The average molecular weight is 293 g/mol. The number of nitrogens with two attached hydrogens (primary N) is 1. The van der Waals surface area contributed by atoms with Crippen LogP contribution in [-0.2, 0) is 4.79 Å². The van der Waals surface area contributed by atoms with Gasteiger partial charge in [-0.3, -0.25) is 4.79 Å². The number of rotatable bonds is 5. The summed E-state index contributed by atoms with van der Waals surface area (Å²) in [7, 11) is 1.59. The van der Waals surface area contributed by atoms with Gasteiger partial charge in [0.1, 0.15) is 12.1 Å². The van der Waals surface area contributed by atoms with Gasteiger partial charge in [-0.1, -0.05) is 11.8 Å². The number of nitrogens with zero attached hydrogens (tertiary/aromatic N) is 3. The normalized spacial score (nSPS) is 11.9. The summed E-state index contributed by atoms with van der Waals surface area (Å²) >= 11 is 1.24. The molecule has 7 nitrogen and oxygen atoms in total. The second-order valence-electron chi connectivity index (χ2n) is 4.00. The highest BCUT2D eigenvalue weighted by Crippen LogP contribution is 2.21. The standard InChI is InChI=1S/C12H15N5O2S/c1-8(20-12-16-14-7-17(12)13)11(18)15-9-3-5-10(19-2)6-4-9/h3-8H,13H2,1-2H3,(H,15,18)/t8-/m0/s1. The van der Waals surface area contributed by atoms with Gasteiger partial charge in [-0.05, 0) is 31.2 Å². The minimum atomic E-state index is -0.344. The zero-order valence-corrected chi connectivity index (χ0v) is 11.9. The van der Waals surface area contributed by atoms with Crippen LogP contribution in [-0.4, -0.2) is 33.1 Å². The van der Waals surface area contributed by atoms with Crippen LogP contribution in [0.2, 0.25) is 0 Å². The van der Waals surface area contributed by atoms with Crippen LogP contribution in [0.25, 0.3) is 0 Å². The highest BCUT2D eigenvalue weighted by molar-refractivity contribution is 8.00. The lowest BCUT2D eigenvalue weighted by Gasteiger charge is -2.11. The Morgan fingerprint density at radius 2 is 2.15 bits per heavy atom. The number of aromatic nitrogens is 3. The van der Waals surface area contributed by atoms with Crippen molar-refractivity contribution < 1.29 is 9.53 Å². The first-order chi connectivity index (χ1) is 9.60. The number of nitrogens with one attached hydrogen (secondary N) is 1. The van der Waals surface area contributed by atoms with E-state index in [2.05, 4.69) is 15.5 Å². The van der Waals surface area contributed by atoms with Crippen LogP contribution in [0.3, 0.4) is 0 Å². The van der Waals surface area contributed by atoms with Crippen molar-refractivity contribution in [2.75, 3.05) is 18.3 Å². The van der Waals surface area contributed by atoms with Crippen LogP contribution in [0.1, 0.15) is 6.92 Å². The fourth-order valence-corrected chi connectivity index (χ4v) is 2.19. The van der Waals surface area contributed by atoms with E-state index < -0.39 is 0 Å². The lowest BCUT2D eigenvalue weighted by atomic mass is 10.3. The van der Waals surface area contributed by atoms with Gasteiger partial charge in [0.05, 0.1) is 12.4 Å². The number of anilines is 1. The number of hydrogen-bond acceptors (Lipinski definition) is 6. The Morgan fingerprint density at radius 1 is 1.45 bits per heavy atom. The first-order valence-corrected chi connectivity index (χ1v) is 6.75. The molecule has 0 saturated heterocycles. The first-order valence-electron chi connectivity index (χ1n) is 5.87. The maximum absolute atomic E-state index is 12.0. The number of carbonyl (C=O) groups excluding carboxylic acids is 1. The molecular formula is C12H15N5O2S. The lowest BCUT2D eigenvalue weighted by molar-refractivity contribution is -0.115. The van der Waals surface area contributed by atoms with Crippen LogP contribution >= 0.6 is 11.8 Å². The third kappa shape index (κ3) is 3.41. The molecule has 2 rings (SSSR count). The van der Waals surface area contributed by atoms with Crippen molar-refractivity contribution in [3.63, 3.8) is 0 Å². The molecule has 0 fully saturated rings. The Bertz CT molecular complexity index is 584. The van der Waals surface area contributed by atoms with Gasteiger partial charge in [-0.15, -0.1) is 10.2 Å². The molecule has 3 N–H and O–H groups in total. The third-order valence-corrected chi connectivity index (χ3v) is 3.62. The van der Waals surface area contributed by atoms with E-state index in [-0.39, 0.29) is 11.2 Å². The first kappa shape index (κ1) is 14.2. The van der Waals surface area contributed by atoms with Crippen LogP contribution < -0.4 is 15.9 Å². The number of hydrogen-bond donors (Lipinski definition) is 2. The Morgan fingerprint density at radius 3 is 2.70 bits per heavy atom. The molecule has 0 aliphatic carbocycles. The van der Waals surface area contributed by atoms with Gasteiger partial charge in [0, 0.05) is 5.69 Å². The zero-order chi connectivity index (χ0) is 14.5. The maximum atomic E-state index is 12.0. The maximum Gasteiger partial charge on any atom is 0.237 e. The lowest BCUT2D eigenvalue weighted by Crippen LogP contribution is -2.23. The summed E-state index contributed by atoms with van der Waals surface area (Å²) in [5, 5.41) is 10.4. The van der Waals surface area contributed by atoms with Crippen molar-refractivity contribution in [1.29, 1.82) is 0 Å². The number of methoxy groups -OCH3 is 1. The monoisotopic (exact) mass is 293 g/mol. The van der Waals surface area contributed by atoms with Crippen LogP contribution in [0.5, 0.6) is 5.75 Å². The van der Waals surface area contributed by atoms with E-state index in [0.717, 1.165) is 5.75 Å². The van der Waals surface area contributed by atoms with Gasteiger partial charge in [0.15, 0.2) is 0 Å². The average Bonchev–Trinajstić information content (AvgIpc) is 2.85. The van der Waals surface area contributed by atoms with Crippen molar-refractivity contribution in [3.05, 3.63) is 30.6 Å². The molecular weight excluding hydrogens is 278 g/mol. The molecule has 1 aromatic heterocycles. The van der Waals surface area contributed by atoms with Gasteiger partial charge >= 0.3 is 0 Å². The van der Waals surface area contributed by atoms with E-state index in [0.29, 0.717) is 10.8 Å². The Labute approximate surface area is 120 Å². The molecule has 0 radical (unpaired) electrons. The largest absolute Gasteiger partial charge is 0.497 e. The molecule has 0 bridgehead atoms. The van der Waals surface area contributed by atoms with Crippen molar-refractivity contribution in [2.24, 2.45) is 0 Å². The van der Waals surface area contributed by atoms with Crippen LogP contribution in [0.15, 0.2) is 35.7 Å². The van der Waals surface area contributed by atoms with E-state index in [4.69, 9.17) is 10.6 Å². The van der Waals surface area contributed by atoms with Gasteiger partial charge in [0.2, 0.25) is 11.1 Å². The molecule has 0 unspecified atom stereocenters. The molecule has 0 aliphatic rings. The zero-order valence-electron chi connectivity index (χ0n) is 11.1. The Hall–Kier alpha value is -2.22. The van der Waals surface area contributed by atoms with E-state index in [1.807, 2.05) is 0 Å². The topological polar surface area (TPSA) is 95.1 Å². The number of benzene rings is 1. The summed E-state index contributed by atoms with van der Waals surface area (Å²) in [6, 6.07) is 7.12. The molecule has 8 heteroatoms. The molecule has 20 heavy (non-hydrogen) atoms. The van der Waals surface area contributed by atoms with Crippen LogP contribution in [0, 0.1) is 0 Å². The minimum absolute atomic E-state index is 0.136. The summed E-state index contributed by atoms with van der Waals surface area (Å²) in [6.45, 7) is 1.78. The fraction of sp³-hybridized carbons (Fsp3) is 0.250. The summed E-state index contributed by atoms with van der Waals surface area (Å²) in [4.78, 5) is 12.0. The van der Waals surface area contributed by atoms with Gasteiger partial charge in [0.25, 0.3) is 0 Å². The molecule has 0 saturated carbocycles. The number of amides is 1. The van der Waals surface area contributed by atoms with E-state index in [1.54, 1.807) is 38.3 Å². The number of nitrogen functional groups attached to an aromatic ring is 1.